The molecule has 0 atom stereocenters. The van der Waals surface area contributed by atoms with Crippen molar-refractivity contribution in [2.45, 2.75) is 10.8 Å². The zero-order chi connectivity index (χ0) is 45.8. The molecule has 11 aromatic carbocycles. The van der Waals surface area contributed by atoms with E-state index in [1.807, 2.05) is 0 Å². The van der Waals surface area contributed by atoms with Gasteiger partial charge in [-0.3, -0.25) is 0 Å². The van der Waals surface area contributed by atoms with E-state index in [1.165, 1.54) is 77.9 Å². The van der Waals surface area contributed by atoms with Crippen LogP contribution >= 0.6 is 0 Å². The second-order valence-electron chi connectivity index (χ2n) is 18.3. The fraction of sp³-hybridized carbons (Fsp3) is 0.0294. The van der Waals surface area contributed by atoms with Gasteiger partial charge in [-0.05, 0) is 108 Å². The SMILES string of the molecule is c1ccc(-c2cccc(-c3ccccc3N(c3ccc(C4(c5ccccc5)c5ccccc5-c5ccccc54)cc3)c3cccc4c3-c3ccccc3C4(c3ccccc3)c3ccccc3)c2)cc1. The van der Waals surface area contributed by atoms with Crippen LogP contribution in [0.3, 0.4) is 0 Å². The number of hydrogen-bond donors (Lipinski definition) is 0. The molecule has 2 aliphatic rings. The Morgan fingerprint density at radius 2 is 0.609 bits per heavy atom. The lowest BCUT2D eigenvalue weighted by atomic mass is 9.67. The van der Waals surface area contributed by atoms with Crippen LogP contribution in [0.25, 0.3) is 44.5 Å². The lowest BCUT2D eigenvalue weighted by molar-refractivity contribution is 0.768. The average Bonchev–Trinajstić information content (AvgIpc) is 3.92. The summed E-state index contributed by atoms with van der Waals surface area (Å²) in [5, 5.41) is 0. The third-order valence-electron chi connectivity index (χ3n) is 14.8. The molecule has 1 nitrogen and oxygen atoms in total. The maximum Gasteiger partial charge on any atom is 0.0714 e. The van der Waals surface area contributed by atoms with Crippen molar-refractivity contribution in [3.63, 3.8) is 0 Å². The van der Waals surface area contributed by atoms with Gasteiger partial charge in [-0.25, -0.2) is 0 Å². The molecule has 0 N–H and O–H groups in total. The van der Waals surface area contributed by atoms with E-state index in [0.29, 0.717) is 0 Å². The molecule has 0 amide bonds. The van der Waals surface area contributed by atoms with E-state index in [1.54, 1.807) is 0 Å². The van der Waals surface area contributed by atoms with E-state index >= 15 is 0 Å². The molecular weight excluding hydrogens is 831 g/mol. The highest BCUT2D eigenvalue weighted by Gasteiger charge is 2.48. The first-order chi connectivity index (χ1) is 34.3. The molecule has 0 unspecified atom stereocenters. The first-order valence-corrected chi connectivity index (χ1v) is 24.0. The number of hydrogen-bond acceptors (Lipinski definition) is 1. The molecule has 0 aromatic heterocycles. The highest BCUT2D eigenvalue weighted by molar-refractivity contribution is 6.00. The summed E-state index contributed by atoms with van der Waals surface area (Å²) in [4.78, 5) is 2.53. The molecular formula is C68H47N. The largest absolute Gasteiger partial charge is 0.309 e. The Kier molecular flexibility index (Phi) is 9.70. The maximum absolute atomic E-state index is 2.53. The van der Waals surface area contributed by atoms with Crippen LogP contribution in [0.1, 0.15) is 44.5 Å². The van der Waals surface area contributed by atoms with E-state index < -0.39 is 10.8 Å². The lowest BCUT2D eigenvalue weighted by Gasteiger charge is -2.35. The van der Waals surface area contributed by atoms with Gasteiger partial charge in [-0.15, -0.1) is 0 Å². The minimum atomic E-state index is -0.547. The smallest absolute Gasteiger partial charge is 0.0714 e. The molecule has 324 valence electrons. The van der Waals surface area contributed by atoms with E-state index in [-0.39, 0.29) is 0 Å². The van der Waals surface area contributed by atoms with Crippen LogP contribution in [-0.4, -0.2) is 0 Å². The third kappa shape index (κ3) is 6.17. The van der Waals surface area contributed by atoms with Crippen molar-refractivity contribution in [2.75, 3.05) is 4.90 Å². The fourth-order valence-electron chi connectivity index (χ4n) is 12.1. The van der Waals surface area contributed by atoms with Crippen molar-refractivity contribution in [1.82, 2.24) is 0 Å². The summed E-state index contributed by atoms with van der Waals surface area (Å²) >= 11 is 0. The third-order valence-corrected chi connectivity index (χ3v) is 14.8. The van der Waals surface area contributed by atoms with Gasteiger partial charge < -0.3 is 4.90 Å². The predicted molar refractivity (Wildman–Crippen MR) is 287 cm³/mol. The number of para-hydroxylation sites is 1. The quantitative estimate of drug-likeness (QED) is 0.140. The van der Waals surface area contributed by atoms with E-state index in [2.05, 4.69) is 290 Å². The standard InChI is InChI=1S/C68H47N/c1-5-23-48(24-6-1)49-25-21-26-50(47-49)56-33-16-20-41-64(56)69(55-45-43-54(44-46-55)67(51-27-7-2-8-28-51)60-37-17-13-34-57(60)58-35-14-18-38-61(58)67)65-42-22-40-63-66(65)59-36-15-19-39-62(59)68(63,52-29-9-3-10-30-52)53-31-11-4-12-32-53/h1-47H. The molecule has 0 fully saturated rings. The summed E-state index contributed by atoms with van der Waals surface area (Å²) in [6.07, 6.45) is 0. The molecule has 0 bridgehead atoms. The molecule has 0 spiro atoms. The van der Waals surface area contributed by atoms with Crippen molar-refractivity contribution in [3.05, 3.63) is 330 Å². The van der Waals surface area contributed by atoms with Crippen molar-refractivity contribution in [3.8, 4) is 44.5 Å². The molecule has 69 heavy (non-hydrogen) atoms. The van der Waals surface area contributed by atoms with E-state index in [4.69, 9.17) is 0 Å². The molecule has 13 rings (SSSR count). The number of fused-ring (bicyclic) bond motifs is 6. The Labute approximate surface area is 404 Å². The summed E-state index contributed by atoms with van der Waals surface area (Å²) in [5.74, 6) is 0. The summed E-state index contributed by atoms with van der Waals surface area (Å²) in [6.45, 7) is 0. The second-order valence-corrected chi connectivity index (χ2v) is 18.3. The summed E-state index contributed by atoms with van der Waals surface area (Å²) in [7, 11) is 0. The highest BCUT2D eigenvalue weighted by Crippen LogP contribution is 2.61. The molecule has 0 saturated carbocycles. The molecule has 2 aliphatic carbocycles. The minimum absolute atomic E-state index is 0.508. The summed E-state index contributed by atoms with van der Waals surface area (Å²) in [6, 6.07) is 105. The molecule has 11 aromatic rings. The van der Waals surface area contributed by atoms with Crippen molar-refractivity contribution in [1.29, 1.82) is 0 Å². The van der Waals surface area contributed by atoms with Crippen LogP contribution in [-0.2, 0) is 10.8 Å². The molecule has 0 heterocycles. The van der Waals surface area contributed by atoms with Gasteiger partial charge in [0.2, 0.25) is 0 Å². The van der Waals surface area contributed by atoms with Crippen LogP contribution < -0.4 is 4.90 Å². The Bertz CT molecular complexity index is 3570. The van der Waals surface area contributed by atoms with Gasteiger partial charge in [0.25, 0.3) is 0 Å². The molecule has 0 radical (unpaired) electrons. The predicted octanol–water partition coefficient (Wildman–Crippen LogP) is 17.2. The van der Waals surface area contributed by atoms with Gasteiger partial charge in [0.05, 0.1) is 22.2 Å². The Morgan fingerprint density at radius 1 is 0.232 bits per heavy atom. The number of benzene rings is 11. The molecule has 0 aliphatic heterocycles. The normalized spacial score (nSPS) is 13.4. The zero-order valence-electron chi connectivity index (χ0n) is 38.1. The second kappa shape index (κ2) is 16.5. The van der Waals surface area contributed by atoms with E-state index in [9.17, 15) is 0 Å². The first-order valence-electron chi connectivity index (χ1n) is 24.0. The Hall–Kier alpha value is -8.78. The van der Waals surface area contributed by atoms with Crippen molar-refractivity contribution in [2.24, 2.45) is 0 Å². The molecule has 1 heteroatoms. The average molecular weight is 878 g/mol. The number of nitrogens with zero attached hydrogens (tertiary/aromatic N) is 1. The maximum atomic E-state index is 2.53. The van der Waals surface area contributed by atoms with Gasteiger partial charge in [0.15, 0.2) is 0 Å². The fourth-order valence-corrected chi connectivity index (χ4v) is 12.1. The van der Waals surface area contributed by atoms with Gasteiger partial charge in [0.1, 0.15) is 0 Å². The van der Waals surface area contributed by atoms with Crippen LogP contribution in [0.15, 0.2) is 285 Å². The number of anilines is 3. The number of rotatable bonds is 9. The van der Waals surface area contributed by atoms with E-state index in [0.717, 1.165) is 28.2 Å². The molecule has 0 saturated heterocycles. The van der Waals surface area contributed by atoms with Gasteiger partial charge >= 0.3 is 0 Å². The van der Waals surface area contributed by atoms with Gasteiger partial charge in [-0.2, -0.15) is 0 Å². The van der Waals surface area contributed by atoms with Gasteiger partial charge in [-0.1, -0.05) is 255 Å². The van der Waals surface area contributed by atoms with Crippen LogP contribution in [0.2, 0.25) is 0 Å². The van der Waals surface area contributed by atoms with Crippen LogP contribution in [0, 0.1) is 0 Å². The Morgan fingerprint density at radius 3 is 1.19 bits per heavy atom. The van der Waals surface area contributed by atoms with Crippen molar-refractivity contribution >= 4 is 17.1 Å². The topological polar surface area (TPSA) is 3.24 Å². The first kappa shape index (κ1) is 40.5. The van der Waals surface area contributed by atoms with Crippen molar-refractivity contribution < 1.29 is 0 Å². The Balaban J connectivity index is 1.08. The highest BCUT2D eigenvalue weighted by atomic mass is 15.1. The summed E-state index contributed by atoms with van der Waals surface area (Å²) < 4.78 is 0. The van der Waals surface area contributed by atoms with Crippen LogP contribution in [0.4, 0.5) is 17.1 Å². The van der Waals surface area contributed by atoms with Gasteiger partial charge in [0, 0.05) is 16.8 Å². The monoisotopic (exact) mass is 877 g/mol. The minimum Gasteiger partial charge on any atom is -0.309 e. The van der Waals surface area contributed by atoms with Crippen LogP contribution in [0.5, 0.6) is 0 Å². The zero-order valence-corrected chi connectivity index (χ0v) is 38.1. The lowest BCUT2D eigenvalue weighted by Crippen LogP contribution is -2.28. The summed E-state index contributed by atoms with van der Waals surface area (Å²) in [5.41, 5.74) is 22.1.